The second-order valence-electron chi connectivity index (χ2n) is 9.14. The molecule has 1 aliphatic carbocycles. The lowest BCUT2D eigenvalue weighted by Crippen LogP contribution is -2.44. The van der Waals surface area contributed by atoms with Crippen LogP contribution >= 0.6 is 11.8 Å². The standard InChI is InChI=1S/C25H30N2O3S2/c1-18-11-16-27(23-7-2-3-8-24(23)31-18)25(28)20-12-14-26(15-13-20)32(29,30)22-10-9-19-5-4-6-21(19)17-22/h2-3,7-10,17-18,20H,4-6,11-16H2,1H3. The summed E-state index contributed by atoms with van der Waals surface area (Å²) in [6, 6.07) is 13.7. The molecule has 2 heterocycles. The third-order valence-electron chi connectivity index (χ3n) is 7.02. The Bertz CT molecular complexity index is 1120. The number of fused-ring (bicyclic) bond motifs is 2. The van der Waals surface area contributed by atoms with E-state index in [1.54, 1.807) is 10.4 Å². The molecule has 0 N–H and O–H groups in total. The Kier molecular flexibility index (Phi) is 6.07. The summed E-state index contributed by atoms with van der Waals surface area (Å²) in [7, 11) is -3.51. The minimum atomic E-state index is -3.51. The number of piperidine rings is 1. The largest absolute Gasteiger partial charge is 0.311 e. The van der Waals surface area contributed by atoms with Crippen LogP contribution in [0.3, 0.4) is 0 Å². The van der Waals surface area contributed by atoms with Crippen molar-refractivity contribution in [1.82, 2.24) is 4.31 Å². The lowest BCUT2D eigenvalue weighted by molar-refractivity contribution is -0.123. The van der Waals surface area contributed by atoms with Gasteiger partial charge in [-0.3, -0.25) is 4.79 Å². The zero-order valence-corrected chi connectivity index (χ0v) is 20.1. The molecule has 0 spiro atoms. The van der Waals surface area contributed by atoms with Crippen LogP contribution in [0.4, 0.5) is 5.69 Å². The molecular formula is C25H30N2O3S2. The van der Waals surface area contributed by atoms with Crippen LogP contribution in [0.15, 0.2) is 52.3 Å². The average Bonchev–Trinajstić information content (AvgIpc) is 3.21. The minimum absolute atomic E-state index is 0.132. The van der Waals surface area contributed by atoms with Crippen molar-refractivity contribution < 1.29 is 13.2 Å². The number of hydrogen-bond acceptors (Lipinski definition) is 4. The first-order valence-electron chi connectivity index (χ1n) is 11.6. The predicted molar refractivity (Wildman–Crippen MR) is 129 cm³/mol. The molecule has 1 saturated heterocycles. The highest BCUT2D eigenvalue weighted by Crippen LogP contribution is 2.38. The first kappa shape index (κ1) is 22.0. The summed E-state index contributed by atoms with van der Waals surface area (Å²) in [6.07, 6.45) is 5.21. The SMILES string of the molecule is CC1CCN(C(=O)C2CCN(S(=O)(=O)c3ccc4c(c3)CCC4)CC2)c2ccccc2S1. The topological polar surface area (TPSA) is 57.7 Å². The van der Waals surface area contributed by atoms with E-state index in [0.29, 0.717) is 36.1 Å². The molecule has 5 nitrogen and oxygen atoms in total. The minimum Gasteiger partial charge on any atom is -0.311 e. The van der Waals surface area contributed by atoms with Gasteiger partial charge >= 0.3 is 0 Å². The molecule has 1 unspecified atom stereocenters. The highest BCUT2D eigenvalue weighted by molar-refractivity contribution is 8.00. The zero-order chi connectivity index (χ0) is 22.3. The van der Waals surface area contributed by atoms with Gasteiger partial charge in [0.05, 0.1) is 10.6 Å². The van der Waals surface area contributed by atoms with E-state index in [0.717, 1.165) is 42.8 Å². The van der Waals surface area contributed by atoms with E-state index in [1.807, 2.05) is 47.0 Å². The second-order valence-corrected chi connectivity index (χ2v) is 12.6. The molecule has 0 aromatic heterocycles. The lowest BCUT2D eigenvalue weighted by Gasteiger charge is -2.33. The Hall–Kier alpha value is -1.83. The Morgan fingerprint density at radius 2 is 1.72 bits per heavy atom. The molecule has 1 atom stereocenters. The second kappa shape index (κ2) is 8.84. The van der Waals surface area contributed by atoms with Gasteiger partial charge in [0.25, 0.3) is 0 Å². The quantitative estimate of drug-likeness (QED) is 0.663. The van der Waals surface area contributed by atoms with Gasteiger partial charge in [0, 0.05) is 35.7 Å². The molecule has 7 heteroatoms. The van der Waals surface area contributed by atoms with E-state index in [1.165, 1.54) is 11.1 Å². The molecule has 1 amide bonds. The molecule has 5 rings (SSSR count). The van der Waals surface area contributed by atoms with Crippen molar-refractivity contribution in [1.29, 1.82) is 0 Å². The number of carbonyl (C=O) groups excluding carboxylic acids is 1. The monoisotopic (exact) mass is 470 g/mol. The Balaban J connectivity index is 1.29. The highest BCUT2D eigenvalue weighted by Gasteiger charge is 2.35. The smallest absolute Gasteiger partial charge is 0.243 e. The number of benzene rings is 2. The maximum atomic E-state index is 13.5. The van der Waals surface area contributed by atoms with Crippen molar-refractivity contribution in [2.75, 3.05) is 24.5 Å². The average molecular weight is 471 g/mol. The molecule has 170 valence electrons. The Morgan fingerprint density at radius 1 is 0.969 bits per heavy atom. The van der Waals surface area contributed by atoms with Crippen LogP contribution in [0.2, 0.25) is 0 Å². The highest BCUT2D eigenvalue weighted by atomic mass is 32.2. The number of amides is 1. The molecular weight excluding hydrogens is 440 g/mol. The summed E-state index contributed by atoms with van der Waals surface area (Å²) in [5, 5.41) is 0.466. The number of carbonyl (C=O) groups is 1. The molecule has 0 radical (unpaired) electrons. The summed E-state index contributed by atoms with van der Waals surface area (Å²) < 4.78 is 28.0. The van der Waals surface area contributed by atoms with E-state index >= 15 is 0 Å². The van der Waals surface area contributed by atoms with Crippen molar-refractivity contribution in [3.8, 4) is 0 Å². The van der Waals surface area contributed by atoms with E-state index in [2.05, 4.69) is 13.0 Å². The first-order valence-corrected chi connectivity index (χ1v) is 13.9. The molecule has 2 aromatic rings. The molecule has 32 heavy (non-hydrogen) atoms. The van der Waals surface area contributed by atoms with Gasteiger partial charge in [-0.2, -0.15) is 4.31 Å². The molecule has 1 fully saturated rings. The molecule has 2 aliphatic heterocycles. The van der Waals surface area contributed by atoms with E-state index < -0.39 is 10.0 Å². The van der Waals surface area contributed by atoms with Crippen LogP contribution in [0.25, 0.3) is 0 Å². The van der Waals surface area contributed by atoms with Crippen LogP contribution in [-0.4, -0.2) is 43.5 Å². The first-order chi connectivity index (χ1) is 15.4. The van der Waals surface area contributed by atoms with Gasteiger partial charge in [-0.05, 0) is 73.9 Å². The fraction of sp³-hybridized carbons (Fsp3) is 0.480. The van der Waals surface area contributed by atoms with Crippen molar-refractivity contribution in [3.63, 3.8) is 0 Å². The normalized spacial score (nSPS) is 22.3. The maximum absolute atomic E-state index is 13.5. The number of aryl methyl sites for hydroxylation is 2. The number of rotatable bonds is 3. The third-order valence-corrected chi connectivity index (χ3v) is 10.2. The van der Waals surface area contributed by atoms with Gasteiger partial charge in [0.2, 0.25) is 15.9 Å². The molecule has 3 aliphatic rings. The fourth-order valence-corrected chi connectivity index (χ4v) is 7.77. The van der Waals surface area contributed by atoms with Crippen LogP contribution in [0.1, 0.15) is 43.7 Å². The summed E-state index contributed by atoms with van der Waals surface area (Å²) in [5.74, 6) is 0.00895. The molecule has 0 bridgehead atoms. The van der Waals surface area contributed by atoms with Gasteiger partial charge in [-0.1, -0.05) is 25.1 Å². The number of para-hydroxylation sites is 1. The van der Waals surface area contributed by atoms with E-state index in [-0.39, 0.29) is 11.8 Å². The zero-order valence-electron chi connectivity index (χ0n) is 18.5. The fourth-order valence-electron chi connectivity index (χ4n) is 5.14. The van der Waals surface area contributed by atoms with Crippen molar-refractivity contribution >= 4 is 33.4 Å². The summed E-state index contributed by atoms with van der Waals surface area (Å²) in [5.41, 5.74) is 3.45. The number of sulfonamides is 1. The van der Waals surface area contributed by atoms with Crippen molar-refractivity contribution in [2.45, 2.75) is 60.5 Å². The van der Waals surface area contributed by atoms with Crippen LogP contribution in [0, 0.1) is 5.92 Å². The van der Waals surface area contributed by atoms with E-state index in [9.17, 15) is 13.2 Å². The van der Waals surface area contributed by atoms with Gasteiger partial charge in [-0.25, -0.2) is 8.42 Å². The summed E-state index contributed by atoms with van der Waals surface area (Å²) >= 11 is 1.83. The predicted octanol–water partition coefficient (Wildman–Crippen LogP) is 4.49. The third kappa shape index (κ3) is 4.11. The maximum Gasteiger partial charge on any atom is 0.243 e. The van der Waals surface area contributed by atoms with Gasteiger partial charge in [-0.15, -0.1) is 11.8 Å². The van der Waals surface area contributed by atoms with Crippen LogP contribution < -0.4 is 4.90 Å². The van der Waals surface area contributed by atoms with Gasteiger partial charge in [0.15, 0.2) is 0 Å². The van der Waals surface area contributed by atoms with Gasteiger partial charge < -0.3 is 4.90 Å². The summed E-state index contributed by atoms with van der Waals surface area (Å²) in [6.45, 7) is 3.72. The number of thioether (sulfide) groups is 1. The molecule has 0 saturated carbocycles. The summed E-state index contributed by atoms with van der Waals surface area (Å²) in [4.78, 5) is 17.0. The number of anilines is 1. The van der Waals surface area contributed by atoms with Crippen LogP contribution in [-0.2, 0) is 27.7 Å². The van der Waals surface area contributed by atoms with Crippen LogP contribution in [0.5, 0.6) is 0 Å². The Labute approximate surface area is 195 Å². The van der Waals surface area contributed by atoms with E-state index in [4.69, 9.17) is 0 Å². The van der Waals surface area contributed by atoms with Gasteiger partial charge in [0.1, 0.15) is 0 Å². The van der Waals surface area contributed by atoms with Crippen molar-refractivity contribution in [3.05, 3.63) is 53.6 Å². The number of hydrogen-bond donors (Lipinski definition) is 0. The Morgan fingerprint density at radius 3 is 2.53 bits per heavy atom. The number of nitrogens with zero attached hydrogens (tertiary/aromatic N) is 2. The van der Waals surface area contributed by atoms with Crippen molar-refractivity contribution in [2.24, 2.45) is 5.92 Å². The lowest BCUT2D eigenvalue weighted by atomic mass is 9.96. The molecule has 2 aromatic carbocycles.